The van der Waals surface area contributed by atoms with Gasteiger partial charge in [-0.05, 0) is 30.9 Å². The molecule has 0 N–H and O–H groups in total. The minimum Gasteiger partial charge on any atom is -0.475 e. The molecule has 1 aliphatic heterocycles. The third kappa shape index (κ3) is 2.26. The van der Waals surface area contributed by atoms with E-state index in [-0.39, 0.29) is 5.44 Å². The van der Waals surface area contributed by atoms with Gasteiger partial charge in [0.25, 0.3) is 0 Å². The zero-order chi connectivity index (χ0) is 10.7. The van der Waals surface area contributed by atoms with Gasteiger partial charge in [0.05, 0.1) is 0 Å². The van der Waals surface area contributed by atoms with Gasteiger partial charge >= 0.3 is 0 Å². The molecule has 1 aromatic carbocycles. The summed E-state index contributed by atoms with van der Waals surface area (Å²) in [5, 5.41) is 0. The van der Waals surface area contributed by atoms with Crippen LogP contribution in [-0.2, 0) is 4.74 Å². The Balaban J connectivity index is 2.29. The van der Waals surface area contributed by atoms with Crippen LogP contribution in [0.3, 0.4) is 0 Å². The van der Waals surface area contributed by atoms with Crippen molar-refractivity contribution < 1.29 is 4.74 Å². The number of aryl methyl sites for hydroxylation is 1. The molecule has 0 amide bonds. The number of benzene rings is 1. The zero-order valence-corrected chi connectivity index (χ0v) is 9.75. The van der Waals surface area contributed by atoms with E-state index in [1.807, 2.05) is 18.2 Å². The van der Waals surface area contributed by atoms with Crippen molar-refractivity contribution in [2.75, 3.05) is 6.26 Å². The fourth-order valence-corrected chi connectivity index (χ4v) is 2.01. The molecule has 0 bridgehead atoms. The quantitative estimate of drug-likeness (QED) is 0.750. The molecular formula is C13H14OS. The van der Waals surface area contributed by atoms with Crippen LogP contribution in [0.15, 0.2) is 42.5 Å². The predicted molar refractivity (Wildman–Crippen MR) is 66.7 cm³/mol. The molecule has 0 saturated heterocycles. The summed E-state index contributed by atoms with van der Waals surface area (Å²) >= 11 is 1.70. The first kappa shape index (κ1) is 10.4. The van der Waals surface area contributed by atoms with Crippen LogP contribution in [0.2, 0.25) is 0 Å². The van der Waals surface area contributed by atoms with E-state index >= 15 is 0 Å². The Kier molecular flexibility index (Phi) is 3.17. The molecule has 1 aliphatic rings. The van der Waals surface area contributed by atoms with Gasteiger partial charge in [-0.15, -0.1) is 11.8 Å². The third-order valence-corrected chi connectivity index (χ3v) is 3.12. The highest BCUT2D eigenvalue weighted by Crippen LogP contribution is 2.27. The van der Waals surface area contributed by atoms with E-state index in [1.165, 1.54) is 11.1 Å². The van der Waals surface area contributed by atoms with Crippen molar-refractivity contribution >= 4 is 17.5 Å². The summed E-state index contributed by atoms with van der Waals surface area (Å²) in [4.78, 5) is 0. The highest BCUT2D eigenvalue weighted by molar-refractivity contribution is 7.99. The van der Waals surface area contributed by atoms with Crippen LogP contribution in [0.25, 0.3) is 5.76 Å². The normalized spacial score (nSPS) is 19.6. The third-order valence-electron chi connectivity index (χ3n) is 2.40. The highest BCUT2D eigenvalue weighted by Gasteiger charge is 2.13. The summed E-state index contributed by atoms with van der Waals surface area (Å²) in [7, 11) is 0. The Morgan fingerprint density at radius 3 is 2.80 bits per heavy atom. The molecule has 1 heterocycles. The van der Waals surface area contributed by atoms with E-state index in [9.17, 15) is 0 Å². The second-order valence-electron chi connectivity index (χ2n) is 3.45. The van der Waals surface area contributed by atoms with Crippen molar-refractivity contribution in [3.63, 3.8) is 0 Å². The van der Waals surface area contributed by atoms with Crippen molar-refractivity contribution in [2.45, 2.75) is 12.4 Å². The maximum absolute atomic E-state index is 5.84. The monoisotopic (exact) mass is 218 g/mol. The molecule has 2 heteroatoms. The van der Waals surface area contributed by atoms with E-state index in [0.29, 0.717) is 0 Å². The molecule has 1 nitrogen and oxygen atoms in total. The van der Waals surface area contributed by atoms with Crippen molar-refractivity contribution in [2.24, 2.45) is 0 Å². The molecule has 0 aliphatic carbocycles. The molecule has 0 radical (unpaired) electrons. The fraction of sp³-hybridized carbons (Fsp3) is 0.231. The summed E-state index contributed by atoms with van der Waals surface area (Å²) in [5.74, 6) is 0.968. The van der Waals surface area contributed by atoms with Crippen LogP contribution in [0, 0.1) is 6.92 Å². The minimum absolute atomic E-state index is 0.143. The average molecular weight is 218 g/mol. The average Bonchev–Trinajstić information content (AvgIpc) is 2.30. The SMILES string of the molecule is CSC1C=CC=C(c2ccccc2C)O1. The number of thioether (sulfide) groups is 1. The number of rotatable bonds is 2. The topological polar surface area (TPSA) is 9.23 Å². The molecule has 0 spiro atoms. The second kappa shape index (κ2) is 4.58. The standard InChI is InChI=1S/C13H14OS/c1-10-6-3-4-7-11(10)12-8-5-9-13(14-12)15-2/h3-9,13H,1-2H3. The zero-order valence-electron chi connectivity index (χ0n) is 8.94. The van der Waals surface area contributed by atoms with Crippen molar-refractivity contribution in [3.8, 4) is 0 Å². The van der Waals surface area contributed by atoms with Crippen molar-refractivity contribution in [1.82, 2.24) is 0 Å². The highest BCUT2D eigenvalue weighted by atomic mass is 32.2. The largest absolute Gasteiger partial charge is 0.475 e. The number of ether oxygens (including phenoxy) is 1. The minimum atomic E-state index is 0.143. The molecule has 1 atom stereocenters. The van der Waals surface area contributed by atoms with Crippen molar-refractivity contribution in [1.29, 1.82) is 0 Å². The molecule has 1 unspecified atom stereocenters. The molecule has 0 saturated carbocycles. The summed E-state index contributed by atoms with van der Waals surface area (Å²) < 4.78 is 5.84. The van der Waals surface area contributed by atoms with E-state index < -0.39 is 0 Å². The number of allylic oxidation sites excluding steroid dienone is 2. The Bertz CT molecular complexity index is 407. The molecule has 0 aromatic heterocycles. The van der Waals surface area contributed by atoms with E-state index in [4.69, 9.17) is 4.74 Å². The lowest BCUT2D eigenvalue weighted by molar-refractivity contribution is 0.286. The van der Waals surface area contributed by atoms with Gasteiger partial charge in [0.15, 0.2) is 5.44 Å². The first-order valence-electron chi connectivity index (χ1n) is 4.95. The summed E-state index contributed by atoms with van der Waals surface area (Å²) in [5.41, 5.74) is 2.57. The molecule has 0 fully saturated rings. The smallest absolute Gasteiger partial charge is 0.163 e. The Hall–Kier alpha value is -1.15. The predicted octanol–water partition coefficient (Wildman–Crippen LogP) is 3.61. The Morgan fingerprint density at radius 2 is 2.07 bits per heavy atom. The van der Waals surface area contributed by atoms with Gasteiger partial charge in [-0.1, -0.05) is 30.3 Å². The summed E-state index contributed by atoms with van der Waals surface area (Å²) in [6, 6.07) is 8.28. The van der Waals surface area contributed by atoms with Gasteiger partial charge in [0.1, 0.15) is 5.76 Å². The van der Waals surface area contributed by atoms with E-state index in [0.717, 1.165) is 5.76 Å². The van der Waals surface area contributed by atoms with Gasteiger partial charge in [0.2, 0.25) is 0 Å². The van der Waals surface area contributed by atoms with Gasteiger partial charge in [-0.2, -0.15) is 0 Å². The van der Waals surface area contributed by atoms with Crippen LogP contribution in [0.4, 0.5) is 0 Å². The lowest BCUT2D eigenvalue weighted by Gasteiger charge is -2.20. The van der Waals surface area contributed by atoms with E-state index in [2.05, 4.69) is 37.5 Å². The van der Waals surface area contributed by atoms with Crippen LogP contribution in [-0.4, -0.2) is 11.7 Å². The maximum atomic E-state index is 5.84. The summed E-state index contributed by atoms with van der Waals surface area (Å²) in [6.45, 7) is 2.10. The first-order chi connectivity index (χ1) is 7.31. The van der Waals surface area contributed by atoms with Crippen LogP contribution in [0.1, 0.15) is 11.1 Å². The van der Waals surface area contributed by atoms with Gasteiger partial charge < -0.3 is 4.74 Å². The molecular weight excluding hydrogens is 204 g/mol. The lowest BCUT2D eigenvalue weighted by Crippen LogP contribution is -2.07. The molecule has 1 aromatic rings. The van der Waals surface area contributed by atoms with Crippen LogP contribution >= 0.6 is 11.8 Å². The summed E-state index contributed by atoms with van der Waals surface area (Å²) in [6.07, 6.45) is 8.20. The Morgan fingerprint density at radius 1 is 1.27 bits per heavy atom. The Labute approximate surface area is 94.8 Å². The van der Waals surface area contributed by atoms with Gasteiger partial charge in [-0.25, -0.2) is 0 Å². The number of hydrogen-bond donors (Lipinski definition) is 0. The van der Waals surface area contributed by atoms with Crippen LogP contribution in [0.5, 0.6) is 0 Å². The molecule has 2 rings (SSSR count). The maximum Gasteiger partial charge on any atom is 0.163 e. The lowest BCUT2D eigenvalue weighted by atomic mass is 10.1. The molecule has 15 heavy (non-hydrogen) atoms. The van der Waals surface area contributed by atoms with Gasteiger partial charge in [0, 0.05) is 5.56 Å². The van der Waals surface area contributed by atoms with Crippen LogP contribution < -0.4 is 0 Å². The van der Waals surface area contributed by atoms with Crippen molar-refractivity contribution in [3.05, 3.63) is 53.6 Å². The van der Waals surface area contributed by atoms with E-state index in [1.54, 1.807) is 11.8 Å². The fourth-order valence-electron chi connectivity index (χ4n) is 1.57. The first-order valence-corrected chi connectivity index (χ1v) is 6.24. The number of hydrogen-bond acceptors (Lipinski definition) is 2. The second-order valence-corrected chi connectivity index (χ2v) is 4.39. The van der Waals surface area contributed by atoms with Gasteiger partial charge in [-0.3, -0.25) is 0 Å². The molecule has 78 valence electrons.